The molecule has 5 nitrogen and oxygen atoms in total. The third-order valence-corrected chi connectivity index (χ3v) is 4.49. The van der Waals surface area contributed by atoms with Crippen LogP contribution in [0, 0.1) is 17.1 Å². The summed E-state index contributed by atoms with van der Waals surface area (Å²) in [6, 6.07) is 6.24. The molecule has 1 fully saturated rings. The topological polar surface area (TPSA) is 64.4 Å². The number of rotatable bonds is 4. The summed E-state index contributed by atoms with van der Waals surface area (Å²) in [6.07, 6.45) is 1.24. The molecule has 1 saturated heterocycles. The zero-order valence-electron chi connectivity index (χ0n) is 11.9. The average Bonchev–Trinajstić information content (AvgIpc) is 2.45. The second kappa shape index (κ2) is 6.41. The Bertz CT molecular complexity index is 647. The number of anilines is 1. The van der Waals surface area contributed by atoms with Crippen LogP contribution in [0.25, 0.3) is 0 Å². The molecule has 1 aromatic carbocycles. The molecule has 0 saturated carbocycles. The normalized spacial score (nSPS) is 16.7. The van der Waals surface area contributed by atoms with Crippen LogP contribution < -0.4 is 4.90 Å². The SMILES string of the molecule is CS(=O)(=O)CCN1CCN(c2ccc(F)cc2C#N)CC1. The van der Waals surface area contributed by atoms with Gasteiger partial charge in [0.25, 0.3) is 0 Å². The molecule has 0 atom stereocenters. The molecule has 1 aromatic rings. The van der Waals surface area contributed by atoms with Crippen molar-refractivity contribution in [2.75, 3.05) is 49.6 Å². The first-order chi connectivity index (χ1) is 9.89. The van der Waals surface area contributed by atoms with Crippen LogP contribution in [0.2, 0.25) is 0 Å². The van der Waals surface area contributed by atoms with Crippen molar-refractivity contribution in [3.8, 4) is 6.07 Å². The predicted molar refractivity (Wildman–Crippen MR) is 79.5 cm³/mol. The van der Waals surface area contributed by atoms with Gasteiger partial charge in [-0.05, 0) is 18.2 Å². The Balaban J connectivity index is 1.97. The zero-order chi connectivity index (χ0) is 15.5. The number of sulfone groups is 1. The molecular weight excluding hydrogens is 293 g/mol. The van der Waals surface area contributed by atoms with Gasteiger partial charge in [0, 0.05) is 39.0 Å². The van der Waals surface area contributed by atoms with Crippen LogP contribution in [-0.2, 0) is 9.84 Å². The molecule has 7 heteroatoms. The molecule has 1 heterocycles. The second-order valence-corrected chi connectivity index (χ2v) is 7.49. The van der Waals surface area contributed by atoms with Crippen molar-refractivity contribution in [2.24, 2.45) is 0 Å². The fourth-order valence-corrected chi connectivity index (χ4v) is 2.97. The van der Waals surface area contributed by atoms with E-state index < -0.39 is 15.7 Å². The Hall–Kier alpha value is -1.65. The van der Waals surface area contributed by atoms with Crippen LogP contribution in [0.4, 0.5) is 10.1 Å². The van der Waals surface area contributed by atoms with Crippen LogP contribution in [0.5, 0.6) is 0 Å². The summed E-state index contributed by atoms with van der Waals surface area (Å²) in [5.74, 6) is -0.255. The van der Waals surface area contributed by atoms with Crippen molar-refractivity contribution < 1.29 is 12.8 Å². The number of halogens is 1. The van der Waals surface area contributed by atoms with Gasteiger partial charge in [0.15, 0.2) is 0 Å². The van der Waals surface area contributed by atoms with Gasteiger partial charge in [-0.1, -0.05) is 0 Å². The molecule has 1 aliphatic heterocycles. The highest BCUT2D eigenvalue weighted by Crippen LogP contribution is 2.22. The predicted octanol–water partition coefficient (Wildman–Crippen LogP) is 0.864. The van der Waals surface area contributed by atoms with E-state index in [0.717, 1.165) is 18.8 Å². The van der Waals surface area contributed by atoms with Crippen LogP contribution in [0.15, 0.2) is 18.2 Å². The molecule has 0 unspecified atom stereocenters. The van der Waals surface area contributed by atoms with Gasteiger partial charge in [-0.15, -0.1) is 0 Å². The maximum Gasteiger partial charge on any atom is 0.148 e. The summed E-state index contributed by atoms with van der Waals surface area (Å²) < 4.78 is 35.5. The molecule has 2 rings (SSSR count). The summed E-state index contributed by atoms with van der Waals surface area (Å²) >= 11 is 0. The summed E-state index contributed by atoms with van der Waals surface area (Å²) in [4.78, 5) is 4.13. The Morgan fingerprint density at radius 1 is 1.29 bits per heavy atom. The van der Waals surface area contributed by atoms with E-state index in [1.165, 1.54) is 18.4 Å². The molecule has 0 aromatic heterocycles. The minimum absolute atomic E-state index is 0.160. The quantitative estimate of drug-likeness (QED) is 0.825. The molecular formula is C14H18FN3O2S. The Kier molecular flexibility index (Phi) is 4.80. The highest BCUT2D eigenvalue weighted by Gasteiger charge is 2.20. The van der Waals surface area contributed by atoms with Gasteiger partial charge in [-0.2, -0.15) is 5.26 Å². The van der Waals surface area contributed by atoms with E-state index in [0.29, 0.717) is 25.2 Å². The van der Waals surface area contributed by atoms with E-state index in [2.05, 4.69) is 4.90 Å². The lowest BCUT2D eigenvalue weighted by Gasteiger charge is -2.36. The summed E-state index contributed by atoms with van der Waals surface area (Å²) in [7, 11) is -2.94. The molecule has 0 bridgehead atoms. The number of nitriles is 1. The minimum Gasteiger partial charge on any atom is -0.368 e. The maximum absolute atomic E-state index is 13.1. The van der Waals surface area contributed by atoms with Crippen molar-refractivity contribution in [1.82, 2.24) is 4.90 Å². The third-order valence-electron chi connectivity index (χ3n) is 3.57. The second-order valence-electron chi connectivity index (χ2n) is 5.23. The fourth-order valence-electron chi connectivity index (χ4n) is 2.38. The number of hydrogen-bond acceptors (Lipinski definition) is 5. The van der Waals surface area contributed by atoms with Gasteiger partial charge in [-0.25, -0.2) is 12.8 Å². The number of hydrogen-bond donors (Lipinski definition) is 0. The smallest absolute Gasteiger partial charge is 0.148 e. The average molecular weight is 311 g/mol. The maximum atomic E-state index is 13.1. The standard InChI is InChI=1S/C14H18FN3O2S/c1-21(19,20)9-8-17-4-6-18(7-5-17)14-3-2-13(15)10-12(14)11-16/h2-3,10H,4-9H2,1H3. The highest BCUT2D eigenvalue weighted by atomic mass is 32.2. The zero-order valence-corrected chi connectivity index (χ0v) is 12.7. The van der Waals surface area contributed by atoms with Crippen molar-refractivity contribution in [3.63, 3.8) is 0 Å². The fraction of sp³-hybridized carbons (Fsp3) is 0.500. The minimum atomic E-state index is -2.94. The molecule has 0 radical (unpaired) electrons. The van der Waals surface area contributed by atoms with Crippen molar-refractivity contribution in [2.45, 2.75) is 0 Å². The van der Waals surface area contributed by atoms with Crippen LogP contribution in [0.1, 0.15) is 5.56 Å². The van der Waals surface area contributed by atoms with Crippen LogP contribution in [-0.4, -0.2) is 58.1 Å². The molecule has 0 N–H and O–H groups in total. The summed E-state index contributed by atoms with van der Waals surface area (Å²) in [5, 5.41) is 9.08. The van der Waals surface area contributed by atoms with Crippen molar-refractivity contribution >= 4 is 15.5 Å². The van der Waals surface area contributed by atoms with Gasteiger partial charge in [0.1, 0.15) is 21.7 Å². The lowest BCUT2D eigenvalue weighted by molar-refractivity contribution is 0.272. The van der Waals surface area contributed by atoms with E-state index in [-0.39, 0.29) is 5.75 Å². The monoisotopic (exact) mass is 311 g/mol. The first kappa shape index (κ1) is 15.7. The highest BCUT2D eigenvalue weighted by molar-refractivity contribution is 7.90. The molecule has 114 valence electrons. The molecule has 0 aliphatic carbocycles. The van der Waals surface area contributed by atoms with E-state index >= 15 is 0 Å². The van der Waals surface area contributed by atoms with E-state index in [4.69, 9.17) is 5.26 Å². The van der Waals surface area contributed by atoms with Gasteiger partial charge in [-0.3, -0.25) is 4.90 Å². The lowest BCUT2D eigenvalue weighted by atomic mass is 10.1. The van der Waals surface area contributed by atoms with Crippen molar-refractivity contribution in [1.29, 1.82) is 5.26 Å². The number of benzene rings is 1. The first-order valence-electron chi connectivity index (χ1n) is 6.74. The number of piperazine rings is 1. The van der Waals surface area contributed by atoms with E-state index in [9.17, 15) is 12.8 Å². The van der Waals surface area contributed by atoms with Gasteiger partial charge in [0.2, 0.25) is 0 Å². The van der Waals surface area contributed by atoms with E-state index in [1.54, 1.807) is 6.07 Å². The van der Waals surface area contributed by atoms with E-state index in [1.807, 2.05) is 11.0 Å². The lowest BCUT2D eigenvalue weighted by Crippen LogP contribution is -2.47. The Morgan fingerprint density at radius 2 is 1.95 bits per heavy atom. The molecule has 1 aliphatic rings. The first-order valence-corrected chi connectivity index (χ1v) is 8.80. The number of nitrogens with zero attached hydrogens (tertiary/aromatic N) is 3. The third kappa shape index (κ3) is 4.41. The largest absolute Gasteiger partial charge is 0.368 e. The van der Waals surface area contributed by atoms with Crippen LogP contribution in [0.3, 0.4) is 0 Å². The Morgan fingerprint density at radius 3 is 2.52 bits per heavy atom. The van der Waals surface area contributed by atoms with Gasteiger partial charge in [0.05, 0.1) is 17.0 Å². The summed E-state index contributed by atoms with van der Waals surface area (Å²) in [5.41, 5.74) is 1.07. The van der Waals surface area contributed by atoms with Gasteiger partial charge >= 0.3 is 0 Å². The van der Waals surface area contributed by atoms with Gasteiger partial charge < -0.3 is 4.90 Å². The molecule has 0 spiro atoms. The molecule has 0 amide bonds. The van der Waals surface area contributed by atoms with Crippen LogP contribution >= 0.6 is 0 Å². The van der Waals surface area contributed by atoms with Crippen molar-refractivity contribution in [3.05, 3.63) is 29.6 Å². The molecule has 21 heavy (non-hydrogen) atoms. The summed E-state index contributed by atoms with van der Waals surface area (Å²) in [6.45, 7) is 3.39. The Labute approximate surface area is 124 Å².